The first-order valence-corrected chi connectivity index (χ1v) is 7.34. The summed E-state index contributed by atoms with van der Waals surface area (Å²) >= 11 is 0. The Balaban J connectivity index is 2.17. The van der Waals surface area contributed by atoms with Gasteiger partial charge in [0.05, 0.1) is 14.2 Å². The van der Waals surface area contributed by atoms with Crippen LogP contribution in [0.25, 0.3) is 0 Å². The summed E-state index contributed by atoms with van der Waals surface area (Å²) < 4.78 is 10.4. The van der Waals surface area contributed by atoms with Crippen molar-refractivity contribution in [1.29, 1.82) is 0 Å². The SMILES string of the molecule is COc1ccc(C[C@H](NC(=O)c2ccccc2)C(=O)O)c(OC)c1. The normalized spacial score (nSPS) is 11.4. The van der Waals surface area contributed by atoms with Crippen molar-refractivity contribution >= 4 is 11.9 Å². The third kappa shape index (κ3) is 4.25. The smallest absolute Gasteiger partial charge is 0.326 e. The monoisotopic (exact) mass is 329 g/mol. The molecule has 0 aliphatic heterocycles. The molecule has 0 fully saturated rings. The van der Waals surface area contributed by atoms with Crippen LogP contribution in [-0.2, 0) is 11.2 Å². The highest BCUT2D eigenvalue weighted by atomic mass is 16.5. The first-order valence-electron chi connectivity index (χ1n) is 7.34. The van der Waals surface area contributed by atoms with Crippen molar-refractivity contribution in [2.45, 2.75) is 12.5 Å². The summed E-state index contributed by atoms with van der Waals surface area (Å²) in [5, 5.41) is 12.0. The second-order valence-electron chi connectivity index (χ2n) is 5.11. The lowest BCUT2D eigenvalue weighted by Crippen LogP contribution is -2.42. The molecule has 6 nitrogen and oxygen atoms in total. The third-order valence-corrected chi connectivity index (χ3v) is 3.56. The second-order valence-corrected chi connectivity index (χ2v) is 5.11. The van der Waals surface area contributed by atoms with Gasteiger partial charge in [0.2, 0.25) is 0 Å². The molecular weight excluding hydrogens is 310 g/mol. The van der Waals surface area contributed by atoms with Crippen molar-refractivity contribution in [3.8, 4) is 11.5 Å². The van der Waals surface area contributed by atoms with Crippen molar-refractivity contribution in [2.24, 2.45) is 0 Å². The number of carbonyl (C=O) groups excluding carboxylic acids is 1. The molecule has 0 aliphatic carbocycles. The Kier molecular flexibility index (Phi) is 5.78. The van der Waals surface area contributed by atoms with E-state index in [2.05, 4.69) is 5.32 Å². The van der Waals surface area contributed by atoms with Crippen LogP contribution in [0, 0.1) is 0 Å². The lowest BCUT2D eigenvalue weighted by molar-refractivity contribution is -0.139. The Hall–Kier alpha value is -3.02. The van der Waals surface area contributed by atoms with Crippen molar-refractivity contribution in [2.75, 3.05) is 14.2 Å². The fourth-order valence-corrected chi connectivity index (χ4v) is 2.27. The van der Waals surface area contributed by atoms with E-state index in [0.717, 1.165) is 0 Å². The van der Waals surface area contributed by atoms with Crippen LogP contribution in [0.15, 0.2) is 48.5 Å². The molecule has 2 aromatic carbocycles. The number of nitrogens with one attached hydrogen (secondary N) is 1. The Morgan fingerprint density at radius 2 is 1.79 bits per heavy atom. The highest BCUT2D eigenvalue weighted by Gasteiger charge is 2.22. The number of methoxy groups -OCH3 is 2. The maximum Gasteiger partial charge on any atom is 0.326 e. The van der Waals surface area contributed by atoms with Gasteiger partial charge in [-0.2, -0.15) is 0 Å². The molecule has 0 radical (unpaired) electrons. The van der Waals surface area contributed by atoms with E-state index in [-0.39, 0.29) is 6.42 Å². The average Bonchev–Trinajstić information content (AvgIpc) is 2.61. The number of carbonyl (C=O) groups is 2. The van der Waals surface area contributed by atoms with Gasteiger partial charge in [-0.3, -0.25) is 4.79 Å². The molecule has 2 rings (SSSR count). The zero-order chi connectivity index (χ0) is 17.5. The van der Waals surface area contributed by atoms with Gasteiger partial charge in [0.25, 0.3) is 5.91 Å². The summed E-state index contributed by atoms with van der Waals surface area (Å²) in [7, 11) is 3.03. The van der Waals surface area contributed by atoms with Crippen LogP contribution in [-0.4, -0.2) is 37.2 Å². The molecule has 0 unspecified atom stereocenters. The van der Waals surface area contributed by atoms with Gasteiger partial charge in [-0.15, -0.1) is 0 Å². The minimum Gasteiger partial charge on any atom is -0.497 e. The highest BCUT2D eigenvalue weighted by Crippen LogP contribution is 2.25. The third-order valence-electron chi connectivity index (χ3n) is 3.56. The Labute approximate surface area is 140 Å². The van der Waals surface area contributed by atoms with E-state index >= 15 is 0 Å². The summed E-state index contributed by atoms with van der Waals surface area (Å²) in [6.07, 6.45) is 0.0983. The van der Waals surface area contributed by atoms with Crippen molar-refractivity contribution in [1.82, 2.24) is 5.32 Å². The van der Waals surface area contributed by atoms with E-state index in [1.165, 1.54) is 14.2 Å². The van der Waals surface area contributed by atoms with E-state index in [9.17, 15) is 14.7 Å². The number of carboxylic acids is 1. The molecule has 6 heteroatoms. The number of rotatable bonds is 7. The van der Waals surface area contributed by atoms with E-state index < -0.39 is 17.9 Å². The Morgan fingerprint density at radius 1 is 1.08 bits per heavy atom. The molecule has 1 atom stereocenters. The number of hydrogen-bond donors (Lipinski definition) is 2. The van der Waals surface area contributed by atoms with Gasteiger partial charge >= 0.3 is 5.97 Å². The summed E-state index contributed by atoms with van der Waals surface area (Å²) in [6.45, 7) is 0. The summed E-state index contributed by atoms with van der Waals surface area (Å²) in [6, 6.07) is 12.5. The quantitative estimate of drug-likeness (QED) is 0.813. The van der Waals surface area contributed by atoms with E-state index in [1.54, 1.807) is 48.5 Å². The van der Waals surface area contributed by atoms with Crippen molar-refractivity contribution in [3.05, 3.63) is 59.7 Å². The first-order chi connectivity index (χ1) is 11.5. The molecular formula is C18H19NO5. The molecule has 0 aliphatic rings. The molecule has 0 saturated carbocycles. The Bertz CT molecular complexity index is 715. The molecule has 0 aromatic heterocycles. The lowest BCUT2D eigenvalue weighted by Gasteiger charge is -2.17. The number of carboxylic acid groups (broad SMARTS) is 1. The topological polar surface area (TPSA) is 84.9 Å². The van der Waals surface area contributed by atoms with Crippen LogP contribution < -0.4 is 14.8 Å². The van der Waals surface area contributed by atoms with Gasteiger partial charge < -0.3 is 19.9 Å². The van der Waals surface area contributed by atoms with Crippen LogP contribution >= 0.6 is 0 Å². The molecule has 0 spiro atoms. The zero-order valence-corrected chi connectivity index (χ0v) is 13.5. The predicted octanol–water partition coefficient (Wildman–Crippen LogP) is 2.13. The van der Waals surface area contributed by atoms with Gasteiger partial charge in [0.15, 0.2) is 0 Å². The zero-order valence-electron chi connectivity index (χ0n) is 13.5. The maximum atomic E-state index is 12.2. The number of benzene rings is 2. The van der Waals surface area contributed by atoms with Crippen molar-refractivity contribution < 1.29 is 24.2 Å². The number of amides is 1. The maximum absolute atomic E-state index is 12.2. The van der Waals surface area contributed by atoms with Crippen LogP contribution in [0.5, 0.6) is 11.5 Å². The average molecular weight is 329 g/mol. The molecule has 0 heterocycles. The molecule has 0 bridgehead atoms. The number of aliphatic carboxylic acids is 1. The lowest BCUT2D eigenvalue weighted by atomic mass is 10.0. The molecule has 1 amide bonds. The van der Waals surface area contributed by atoms with E-state index in [0.29, 0.717) is 22.6 Å². The highest BCUT2D eigenvalue weighted by molar-refractivity contribution is 5.96. The predicted molar refractivity (Wildman–Crippen MR) is 88.6 cm³/mol. The first kappa shape index (κ1) is 17.3. The summed E-state index contributed by atoms with van der Waals surface area (Å²) in [5.41, 5.74) is 1.07. The van der Waals surface area contributed by atoms with Crippen LogP contribution in [0.2, 0.25) is 0 Å². The number of hydrogen-bond acceptors (Lipinski definition) is 4. The Morgan fingerprint density at radius 3 is 2.38 bits per heavy atom. The molecule has 2 N–H and O–H groups in total. The van der Waals surface area contributed by atoms with E-state index in [1.807, 2.05) is 0 Å². The molecule has 2 aromatic rings. The van der Waals surface area contributed by atoms with Gasteiger partial charge in [-0.05, 0) is 23.8 Å². The second kappa shape index (κ2) is 8.01. The fourth-order valence-electron chi connectivity index (χ4n) is 2.27. The number of ether oxygens (including phenoxy) is 2. The summed E-state index contributed by atoms with van der Waals surface area (Å²) in [4.78, 5) is 23.7. The van der Waals surface area contributed by atoms with Gasteiger partial charge in [0.1, 0.15) is 17.5 Å². The molecule has 24 heavy (non-hydrogen) atoms. The van der Waals surface area contributed by atoms with Crippen LogP contribution in [0.4, 0.5) is 0 Å². The largest absolute Gasteiger partial charge is 0.497 e. The van der Waals surface area contributed by atoms with Crippen molar-refractivity contribution in [3.63, 3.8) is 0 Å². The van der Waals surface area contributed by atoms with Gasteiger partial charge in [-0.25, -0.2) is 4.79 Å². The fraction of sp³-hybridized carbons (Fsp3) is 0.222. The molecule has 126 valence electrons. The van der Waals surface area contributed by atoms with Crippen LogP contribution in [0.1, 0.15) is 15.9 Å². The van der Waals surface area contributed by atoms with Crippen LogP contribution in [0.3, 0.4) is 0 Å². The minimum absolute atomic E-state index is 0.0983. The van der Waals surface area contributed by atoms with Gasteiger partial charge in [0, 0.05) is 18.1 Å². The minimum atomic E-state index is -1.11. The standard InChI is InChI=1S/C18H19NO5/c1-23-14-9-8-13(16(11-14)24-2)10-15(18(21)22)19-17(20)12-6-4-3-5-7-12/h3-9,11,15H,10H2,1-2H3,(H,19,20)(H,21,22)/t15-/m0/s1. The van der Waals surface area contributed by atoms with Gasteiger partial charge in [-0.1, -0.05) is 24.3 Å². The molecule has 0 saturated heterocycles. The van der Waals surface area contributed by atoms with E-state index in [4.69, 9.17) is 9.47 Å². The summed E-state index contributed by atoms with van der Waals surface area (Å²) in [5.74, 6) is -0.432.